The van der Waals surface area contributed by atoms with E-state index in [1.165, 1.54) is 21.8 Å². The molecule has 6 atom stereocenters. The van der Waals surface area contributed by atoms with Crippen molar-refractivity contribution >= 4 is 40.5 Å². The highest BCUT2D eigenvalue weighted by Crippen LogP contribution is 2.32. The average Bonchev–Trinajstić information content (AvgIpc) is 3.65. The number of fused-ring (bicyclic) bond motifs is 2. The highest BCUT2D eigenvalue weighted by Gasteiger charge is 2.36. The fraction of sp³-hybridized carbons (Fsp3) is 0.476. The van der Waals surface area contributed by atoms with Crippen molar-refractivity contribution in [1.29, 1.82) is 0 Å². The molecule has 18 nitrogen and oxygen atoms in total. The van der Waals surface area contributed by atoms with Crippen LogP contribution in [0.1, 0.15) is 31.7 Å². The molecule has 0 saturated carbocycles. The van der Waals surface area contributed by atoms with Crippen molar-refractivity contribution in [3.8, 4) is 0 Å². The van der Waals surface area contributed by atoms with Gasteiger partial charge in [-0.3, -0.25) is 28.7 Å². The summed E-state index contributed by atoms with van der Waals surface area (Å²) in [4.78, 5) is 54.5. The van der Waals surface area contributed by atoms with Gasteiger partial charge in [0.05, 0.1) is 37.6 Å². The number of aromatic amines is 2. The zero-order valence-electron chi connectivity index (χ0n) is 20.2. The van der Waals surface area contributed by atoms with Crippen LogP contribution in [-0.4, -0.2) is 91.7 Å². The highest BCUT2D eigenvalue weighted by atomic mass is 16.5. The summed E-state index contributed by atoms with van der Waals surface area (Å²) in [6.07, 6.45) is 0.397. The maximum atomic E-state index is 11.7. The Kier molecular flexibility index (Phi) is 7.10. The second-order valence-corrected chi connectivity index (χ2v) is 9.00. The van der Waals surface area contributed by atoms with E-state index in [1.807, 2.05) is 0 Å². The number of aliphatic hydroxyl groups is 3. The van der Waals surface area contributed by atoms with Crippen LogP contribution in [0, 0.1) is 0 Å². The maximum Gasteiger partial charge on any atom is 0.280 e. The predicted molar refractivity (Wildman–Crippen MR) is 132 cm³/mol. The molecule has 0 bridgehead atoms. The molecular weight excluding hydrogens is 520 g/mol. The Bertz CT molecular complexity index is 1610. The fourth-order valence-corrected chi connectivity index (χ4v) is 4.55. The van der Waals surface area contributed by atoms with Crippen LogP contribution in [0.4, 0.5) is 11.9 Å². The van der Waals surface area contributed by atoms with Gasteiger partial charge in [-0.15, -0.1) is 0 Å². The summed E-state index contributed by atoms with van der Waals surface area (Å²) in [5.74, 6) is -0.0382. The molecule has 6 heterocycles. The summed E-state index contributed by atoms with van der Waals surface area (Å²) in [7, 11) is 0. The number of nitrogens with two attached hydrogens (primary N) is 2. The van der Waals surface area contributed by atoms with Gasteiger partial charge < -0.3 is 41.1 Å². The number of hydrogen-bond acceptors (Lipinski definition) is 14. The quantitative estimate of drug-likeness (QED) is 0.125. The lowest BCUT2D eigenvalue weighted by Crippen LogP contribution is -2.24. The van der Waals surface area contributed by atoms with Crippen LogP contribution in [0.2, 0.25) is 0 Å². The van der Waals surface area contributed by atoms with Gasteiger partial charge in [-0.25, -0.2) is 9.97 Å². The third-order valence-corrected chi connectivity index (χ3v) is 6.44. The van der Waals surface area contributed by atoms with Crippen molar-refractivity contribution < 1.29 is 29.6 Å². The summed E-state index contributed by atoms with van der Waals surface area (Å²) in [5.41, 5.74) is 11.0. The third-order valence-electron chi connectivity index (χ3n) is 6.44. The number of imidazole rings is 2. The molecule has 2 saturated heterocycles. The Morgan fingerprint density at radius 1 is 0.897 bits per heavy atom. The van der Waals surface area contributed by atoms with E-state index in [0.29, 0.717) is 12.7 Å². The number of aliphatic hydroxyl groups excluding tert-OH is 3. The van der Waals surface area contributed by atoms with Gasteiger partial charge >= 0.3 is 0 Å². The van der Waals surface area contributed by atoms with Crippen molar-refractivity contribution in [3.63, 3.8) is 0 Å². The van der Waals surface area contributed by atoms with Crippen LogP contribution in [0.5, 0.6) is 0 Å². The number of anilines is 2. The van der Waals surface area contributed by atoms with Crippen LogP contribution in [0.15, 0.2) is 22.2 Å². The number of rotatable bonds is 5. The zero-order valence-corrected chi connectivity index (χ0v) is 20.2. The molecule has 4 aromatic heterocycles. The van der Waals surface area contributed by atoms with E-state index in [-0.39, 0.29) is 53.7 Å². The van der Waals surface area contributed by atoms with Gasteiger partial charge in [0, 0.05) is 19.3 Å². The number of carbonyl (C=O) groups is 1. The molecule has 18 heteroatoms. The first kappa shape index (κ1) is 26.4. The SMILES string of the molecule is Nc1nc2c(ncn2[C@H]2C[C@H](O)[C@@H](CC=O)O2)c(=O)[nH]1.Nc1nc2c(ncn2[C@H]2C[C@H](O)[C@@H](CO)O2)c(=O)[nH]1. The normalized spacial score (nSPS) is 26.6. The number of aromatic nitrogens is 8. The molecule has 0 aromatic carbocycles. The zero-order chi connectivity index (χ0) is 27.8. The molecule has 0 spiro atoms. The van der Waals surface area contributed by atoms with Crippen LogP contribution in [0.25, 0.3) is 22.3 Å². The molecule has 2 aliphatic rings. The number of nitrogens with one attached hydrogen (secondary N) is 2. The molecule has 2 aliphatic heterocycles. The van der Waals surface area contributed by atoms with Gasteiger partial charge in [-0.1, -0.05) is 0 Å². The number of carbonyl (C=O) groups excluding carboxylic acids is 1. The Labute approximate surface area is 217 Å². The molecule has 0 aliphatic carbocycles. The van der Waals surface area contributed by atoms with E-state index in [9.17, 15) is 24.6 Å². The van der Waals surface area contributed by atoms with Gasteiger partial charge in [0.15, 0.2) is 22.3 Å². The number of nitrogens with zero attached hydrogens (tertiary/aromatic N) is 6. The first-order chi connectivity index (χ1) is 18.7. The minimum atomic E-state index is -0.771. The Balaban J connectivity index is 0.000000158. The van der Waals surface area contributed by atoms with Gasteiger partial charge in [0.2, 0.25) is 11.9 Å². The van der Waals surface area contributed by atoms with Crippen molar-refractivity contribution in [2.75, 3.05) is 18.1 Å². The van der Waals surface area contributed by atoms with Gasteiger partial charge in [-0.2, -0.15) is 9.97 Å². The lowest BCUT2D eigenvalue weighted by atomic mass is 10.1. The fourth-order valence-electron chi connectivity index (χ4n) is 4.55. The van der Waals surface area contributed by atoms with Gasteiger partial charge in [0.1, 0.15) is 24.8 Å². The van der Waals surface area contributed by atoms with Crippen LogP contribution in [-0.2, 0) is 14.3 Å². The highest BCUT2D eigenvalue weighted by molar-refractivity contribution is 5.71. The summed E-state index contributed by atoms with van der Waals surface area (Å²) >= 11 is 0. The number of nitrogen functional groups attached to an aromatic ring is 2. The largest absolute Gasteiger partial charge is 0.394 e. The first-order valence-electron chi connectivity index (χ1n) is 11.9. The molecule has 39 heavy (non-hydrogen) atoms. The predicted octanol–water partition coefficient (Wildman–Crippen LogP) is -2.72. The minimum absolute atomic E-state index is 0.0171. The molecule has 2 fully saturated rings. The number of ether oxygens (including phenoxy) is 2. The summed E-state index contributed by atoms with van der Waals surface area (Å²) in [6.45, 7) is -0.277. The standard InChI is InChI=1S/C11H13N5O4.C10H13N5O4/c12-11-14-9-8(10(19)15-11)13-4-16(9)7-3-5(18)6(20-7)1-2-17;11-10-13-8-7(9(18)14-10)12-3-15(8)6-1-4(17)5(2-16)19-6/h2,4-7,18H,1,3H2,(H3,12,14,15,19);3-6,16-17H,1-2H2,(H3,11,13,14,18)/t5-,6+,7+;4-,5+,6+/m00/s1. The smallest absolute Gasteiger partial charge is 0.280 e. The van der Waals surface area contributed by atoms with E-state index in [1.54, 1.807) is 0 Å². The van der Waals surface area contributed by atoms with Crippen LogP contribution >= 0.6 is 0 Å². The molecule has 208 valence electrons. The minimum Gasteiger partial charge on any atom is -0.394 e. The lowest BCUT2D eigenvalue weighted by molar-refractivity contribution is -0.112. The molecule has 6 rings (SSSR count). The Hall–Kier alpha value is -4.23. The third kappa shape index (κ3) is 4.98. The molecule has 0 radical (unpaired) electrons. The second-order valence-electron chi connectivity index (χ2n) is 9.00. The molecular formula is C21H26N10O8. The number of aldehydes is 1. The van der Waals surface area contributed by atoms with Gasteiger partial charge in [0.25, 0.3) is 11.1 Å². The Morgan fingerprint density at radius 2 is 1.36 bits per heavy atom. The molecule has 0 unspecified atom stereocenters. The molecule has 9 N–H and O–H groups in total. The topological polar surface area (TPSA) is 275 Å². The summed E-state index contributed by atoms with van der Waals surface area (Å²) < 4.78 is 14.1. The van der Waals surface area contributed by atoms with E-state index in [0.717, 1.165) is 0 Å². The number of hydrogen-bond donors (Lipinski definition) is 7. The van der Waals surface area contributed by atoms with Crippen molar-refractivity contribution in [1.82, 2.24) is 39.0 Å². The maximum absolute atomic E-state index is 11.7. The summed E-state index contributed by atoms with van der Waals surface area (Å²) in [5, 5.41) is 28.6. The molecule has 4 aromatic rings. The molecule has 0 amide bonds. The van der Waals surface area contributed by atoms with Crippen molar-refractivity contribution in [2.24, 2.45) is 0 Å². The first-order valence-corrected chi connectivity index (χ1v) is 11.9. The van der Waals surface area contributed by atoms with Crippen LogP contribution < -0.4 is 22.6 Å². The lowest BCUT2D eigenvalue weighted by Gasteiger charge is -2.13. The van der Waals surface area contributed by atoms with Crippen molar-refractivity contribution in [3.05, 3.63) is 33.4 Å². The van der Waals surface area contributed by atoms with Crippen molar-refractivity contribution in [2.45, 2.75) is 56.1 Å². The van der Waals surface area contributed by atoms with E-state index in [2.05, 4.69) is 29.9 Å². The summed E-state index contributed by atoms with van der Waals surface area (Å²) in [6, 6.07) is 0. The monoisotopic (exact) mass is 546 g/mol. The average molecular weight is 547 g/mol. The number of H-pyrrole nitrogens is 2. The van der Waals surface area contributed by atoms with Gasteiger partial charge in [-0.05, 0) is 0 Å². The van der Waals surface area contributed by atoms with Crippen LogP contribution in [0.3, 0.4) is 0 Å². The van der Waals surface area contributed by atoms with E-state index >= 15 is 0 Å². The Morgan fingerprint density at radius 3 is 1.79 bits per heavy atom. The second kappa shape index (κ2) is 10.5. The van der Waals surface area contributed by atoms with E-state index < -0.39 is 48.0 Å². The van der Waals surface area contributed by atoms with E-state index in [4.69, 9.17) is 26.0 Å².